The zero-order valence-electron chi connectivity index (χ0n) is 14.3. The number of aromatic nitrogens is 2. The largest absolute Gasteiger partial charge is 0.338 e. The number of nitrogens with zero attached hydrogens (tertiary/aromatic N) is 3. The van der Waals surface area contributed by atoms with E-state index >= 15 is 0 Å². The third-order valence-corrected chi connectivity index (χ3v) is 6.65. The van der Waals surface area contributed by atoms with Gasteiger partial charge in [0, 0.05) is 50.2 Å². The topological polar surface area (TPSA) is 50.2 Å². The molecule has 2 saturated heterocycles. The van der Waals surface area contributed by atoms with Gasteiger partial charge in [-0.1, -0.05) is 0 Å². The van der Waals surface area contributed by atoms with Crippen LogP contribution < -0.4 is 5.32 Å². The molecule has 0 saturated carbocycles. The molecule has 23 heavy (non-hydrogen) atoms. The van der Waals surface area contributed by atoms with Crippen molar-refractivity contribution in [1.29, 1.82) is 0 Å². The Morgan fingerprint density at radius 1 is 1.52 bits per heavy atom. The quantitative estimate of drug-likeness (QED) is 0.920. The number of thioether (sulfide) groups is 1. The Balaban J connectivity index is 1.49. The highest BCUT2D eigenvalue weighted by atomic mass is 32.2. The van der Waals surface area contributed by atoms with Crippen LogP contribution in [0.5, 0.6) is 0 Å². The number of likely N-dealkylation sites (tertiary alicyclic amines) is 1. The van der Waals surface area contributed by atoms with Crippen molar-refractivity contribution in [3.05, 3.63) is 18.2 Å². The third-order valence-electron chi connectivity index (χ3n) is 5.11. The molecule has 0 spiro atoms. The molecular weight excluding hydrogens is 308 g/mol. The highest BCUT2D eigenvalue weighted by Gasteiger charge is 2.31. The first-order chi connectivity index (χ1) is 11.1. The Morgan fingerprint density at radius 3 is 3.09 bits per heavy atom. The first kappa shape index (κ1) is 16.7. The van der Waals surface area contributed by atoms with Crippen LogP contribution in [-0.2, 0) is 13.5 Å². The Hall–Kier alpha value is -1.17. The van der Waals surface area contributed by atoms with Crippen LogP contribution in [0.15, 0.2) is 12.4 Å². The van der Waals surface area contributed by atoms with E-state index in [4.69, 9.17) is 0 Å². The Morgan fingerprint density at radius 2 is 2.39 bits per heavy atom. The molecule has 0 unspecified atom stereocenters. The average Bonchev–Trinajstić information content (AvgIpc) is 3.15. The maximum absolute atomic E-state index is 12.5. The summed E-state index contributed by atoms with van der Waals surface area (Å²) in [4.78, 5) is 18.9. The molecule has 3 rings (SSSR count). The molecule has 6 heteroatoms. The van der Waals surface area contributed by atoms with Crippen LogP contribution in [0.1, 0.15) is 38.4 Å². The Labute approximate surface area is 143 Å². The number of urea groups is 1. The lowest BCUT2D eigenvalue weighted by Gasteiger charge is -2.34. The molecule has 0 bridgehead atoms. The van der Waals surface area contributed by atoms with E-state index in [0.29, 0.717) is 5.92 Å². The highest BCUT2D eigenvalue weighted by molar-refractivity contribution is 8.00. The number of piperidine rings is 1. The van der Waals surface area contributed by atoms with Crippen molar-refractivity contribution in [2.75, 3.05) is 25.4 Å². The zero-order valence-corrected chi connectivity index (χ0v) is 15.1. The van der Waals surface area contributed by atoms with E-state index < -0.39 is 0 Å². The minimum absolute atomic E-state index is 0.114. The van der Waals surface area contributed by atoms with Crippen LogP contribution in [0, 0.1) is 5.92 Å². The number of carbonyl (C=O) groups excluding carboxylic acids is 1. The van der Waals surface area contributed by atoms with Gasteiger partial charge in [-0.05, 0) is 44.3 Å². The molecule has 1 aromatic rings. The van der Waals surface area contributed by atoms with Crippen molar-refractivity contribution < 1.29 is 4.79 Å². The van der Waals surface area contributed by atoms with Crippen LogP contribution in [0.2, 0.25) is 0 Å². The second kappa shape index (κ2) is 7.16. The van der Waals surface area contributed by atoms with Gasteiger partial charge in [-0.25, -0.2) is 9.78 Å². The Bertz CT molecular complexity index is 538. The van der Waals surface area contributed by atoms with E-state index in [2.05, 4.69) is 21.8 Å². The first-order valence-corrected chi connectivity index (χ1v) is 9.67. The van der Waals surface area contributed by atoms with Crippen molar-refractivity contribution in [3.8, 4) is 0 Å². The number of carbonyl (C=O) groups is 1. The van der Waals surface area contributed by atoms with E-state index in [1.807, 2.05) is 36.1 Å². The predicted octanol–water partition coefficient (Wildman–Crippen LogP) is 2.67. The van der Waals surface area contributed by atoms with Crippen molar-refractivity contribution in [2.24, 2.45) is 13.0 Å². The van der Waals surface area contributed by atoms with Gasteiger partial charge in [0.25, 0.3) is 0 Å². The van der Waals surface area contributed by atoms with Crippen molar-refractivity contribution >= 4 is 17.8 Å². The molecule has 1 aromatic heterocycles. The summed E-state index contributed by atoms with van der Waals surface area (Å²) >= 11 is 1.99. The van der Waals surface area contributed by atoms with Gasteiger partial charge in [0.2, 0.25) is 0 Å². The molecule has 0 radical (unpaired) electrons. The summed E-state index contributed by atoms with van der Waals surface area (Å²) in [6.07, 6.45) is 9.55. The van der Waals surface area contributed by atoms with E-state index in [-0.39, 0.29) is 10.8 Å². The highest BCUT2D eigenvalue weighted by Crippen LogP contribution is 2.37. The van der Waals surface area contributed by atoms with E-state index in [1.165, 1.54) is 25.0 Å². The van der Waals surface area contributed by atoms with Crippen LogP contribution in [-0.4, -0.2) is 50.6 Å². The summed E-state index contributed by atoms with van der Waals surface area (Å²) < 4.78 is 2.31. The number of aryl methyl sites for hydroxylation is 1. The first-order valence-electron chi connectivity index (χ1n) is 8.69. The molecule has 5 nitrogen and oxygen atoms in total. The third kappa shape index (κ3) is 4.22. The van der Waals surface area contributed by atoms with Crippen molar-refractivity contribution in [2.45, 2.75) is 43.8 Å². The van der Waals surface area contributed by atoms with Crippen LogP contribution in [0.25, 0.3) is 0 Å². The fraction of sp³-hybridized carbons (Fsp3) is 0.765. The lowest BCUT2D eigenvalue weighted by Crippen LogP contribution is -2.48. The molecule has 0 aromatic carbocycles. The molecule has 2 fully saturated rings. The molecule has 3 heterocycles. The Kier molecular flexibility index (Phi) is 5.19. The van der Waals surface area contributed by atoms with Crippen molar-refractivity contribution in [3.63, 3.8) is 0 Å². The van der Waals surface area contributed by atoms with E-state index in [9.17, 15) is 4.79 Å². The average molecular weight is 337 g/mol. The van der Waals surface area contributed by atoms with Gasteiger partial charge in [0.15, 0.2) is 0 Å². The molecule has 2 aliphatic heterocycles. The van der Waals surface area contributed by atoms with E-state index in [0.717, 1.165) is 38.3 Å². The number of nitrogens with one attached hydrogen (secondary N) is 1. The van der Waals surface area contributed by atoms with Gasteiger partial charge < -0.3 is 14.8 Å². The molecule has 2 amide bonds. The molecule has 128 valence electrons. The van der Waals surface area contributed by atoms with Crippen molar-refractivity contribution in [1.82, 2.24) is 19.8 Å². The predicted molar refractivity (Wildman–Crippen MR) is 94.7 cm³/mol. The molecule has 2 aliphatic rings. The maximum Gasteiger partial charge on any atom is 0.317 e. The number of imidazole rings is 1. The summed E-state index contributed by atoms with van der Waals surface area (Å²) in [6, 6.07) is 0.114. The normalized spacial score (nSPS) is 28.1. The summed E-state index contributed by atoms with van der Waals surface area (Å²) in [5.74, 6) is 2.86. The molecular formula is C17H28N4OS. The summed E-state index contributed by atoms with van der Waals surface area (Å²) in [6.45, 7) is 4.79. The summed E-state index contributed by atoms with van der Waals surface area (Å²) in [5.41, 5.74) is 0. The SMILES string of the molecule is Cn1ccnc1C[C@H]1CCCN(C(=O)NC[C@@]2(C)CCCS2)C1. The number of amides is 2. The van der Waals surface area contributed by atoms with Gasteiger partial charge in [-0.2, -0.15) is 11.8 Å². The maximum atomic E-state index is 12.5. The van der Waals surface area contributed by atoms with Gasteiger partial charge in [-0.15, -0.1) is 0 Å². The standard InChI is InChI=1S/C17H28N4OS/c1-17(6-4-10-23-17)13-19-16(22)21-8-3-5-14(12-21)11-15-18-7-9-20(15)2/h7,9,14H,3-6,8,10-13H2,1-2H3,(H,19,22)/t14-,17-/m1/s1. The zero-order chi connectivity index (χ0) is 16.3. The summed E-state index contributed by atoms with van der Waals surface area (Å²) in [5, 5.41) is 3.17. The van der Waals surface area contributed by atoms with Gasteiger partial charge in [0.1, 0.15) is 5.82 Å². The number of rotatable bonds is 4. The molecule has 1 N–H and O–H groups in total. The number of hydrogen-bond acceptors (Lipinski definition) is 3. The monoisotopic (exact) mass is 336 g/mol. The van der Waals surface area contributed by atoms with Crippen LogP contribution in [0.4, 0.5) is 4.79 Å². The van der Waals surface area contributed by atoms with Crippen LogP contribution in [0.3, 0.4) is 0 Å². The smallest absolute Gasteiger partial charge is 0.317 e. The fourth-order valence-electron chi connectivity index (χ4n) is 3.62. The second-order valence-electron chi connectivity index (χ2n) is 7.17. The van der Waals surface area contributed by atoms with Gasteiger partial charge in [-0.3, -0.25) is 0 Å². The van der Waals surface area contributed by atoms with Gasteiger partial charge >= 0.3 is 6.03 Å². The molecule has 0 aliphatic carbocycles. The second-order valence-corrected chi connectivity index (χ2v) is 8.86. The minimum atomic E-state index is 0.114. The lowest BCUT2D eigenvalue weighted by molar-refractivity contribution is 0.163. The minimum Gasteiger partial charge on any atom is -0.338 e. The molecule has 2 atom stereocenters. The van der Waals surface area contributed by atoms with E-state index in [1.54, 1.807) is 0 Å². The number of hydrogen-bond donors (Lipinski definition) is 1. The van der Waals surface area contributed by atoms with Crippen LogP contribution >= 0.6 is 11.8 Å². The summed E-state index contributed by atoms with van der Waals surface area (Å²) in [7, 11) is 2.04. The van der Waals surface area contributed by atoms with Gasteiger partial charge in [0.05, 0.1) is 0 Å². The lowest BCUT2D eigenvalue weighted by atomic mass is 9.94. The fourth-order valence-corrected chi connectivity index (χ4v) is 4.86.